The Hall–Kier alpha value is -4.07. The quantitative estimate of drug-likeness (QED) is 0.249. The Labute approximate surface area is 249 Å². The number of rotatable bonds is 10. The zero-order chi connectivity index (χ0) is 31.2. The zero-order valence-corrected chi connectivity index (χ0v) is 25.3. The van der Waals surface area contributed by atoms with Gasteiger partial charge in [0.2, 0.25) is 27.6 Å². The van der Waals surface area contributed by atoms with Crippen LogP contribution in [0.1, 0.15) is 59.8 Å². The highest BCUT2D eigenvalue weighted by Crippen LogP contribution is 2.35. The molecule has 1 aliphatic rings. The zero-order valence-electron chi connectivity index (χ0n) is 24.5. The first-order chi connectivity index (χ1) is 20.3. The molecule has 0 radical (unpaired) electrons. The number of amides is 1. The summed E-state index contributed by atoms with van der Waals surface area (Å²) in [6.45, 7) is 7.13. The van der Waals surface area contributed by atoms with Crippen molar-refractivity contribution in [3.05, 3.63) is 54.4 Å². The van der Waals surface area contributed by atoms with Gasteiger partial charge in [0.05, 0.1) is 22.7 Å². The molecule has 0 atom stereocenters. The molecule has 2 heterocycles. The van der Waals surface area contributed by atoms with Crippen molar-refractivity contribution in [1.82, 2.24) is 20.3 Å². The molecule has 0 unspecified atom stereocenters. The molecular weight excluding hydrogens is 582 g/mol. The standard InChI is InChI=1S/C29H36F2N6O5S/c1-5-15-43(39,40)37-20-16-22(30)25(23(31)17-20)41-26-21(7-6-13-32-26)24-12-14-33-27(36-24)34-18-8-10-19(11-9-18)35-28(38)42-29(2,3)4/h6-7,12-14,16-19,37H,5,8-11,15H2,1-4H3,(H,35,38)(H,33,34,36)/t18-,19-. The number of carbonyl (C=O) groups is 1. The van der Waals surface area contributed by atoms with Crippen molar-refractivity contribution >= 4 is 27.8 Å². The Balaban J connectivity index is 1.43. The molecule has 1 fully saturated rings. The Morgan fingerprint density at radius 2 is 1.70 bits per heavy atom. The van der Waals surface area contributed by atoms with Gasteiger partial charge in [-0.1, -0.05) is 6.92 Å². The van der Waals surface area contributed by atoms with Crippen molar-refractivity contribution in [3.8, 4) is 22.9 Å². The fraction of sp³-hybridized carbons (Fsp3) is 0.448. The highest BCUT2D eigenvalue weighted by molar-refractivity contribution is 7.92. The van der Waals surface area contributed by atoms with Gasteiger partial charge in [-0.15, -0.1) is 0 Å². The lowest BCUT2D eigenvalue weighted by atomic mass is 9.91. The molecule has 2 aromatic heterocycles. The van der Waals surface area contributed by atoms with Gasteiger partial charge in [-0.2, -0.15) is 0 Å². The number of benzene rings is 1. The van der Waals surface area contributed by atoms with Crippen LogP contribution in [-0.4, -0.2) is 52.9 Å². The lowest BCUT2D eigenvalue weighted by Crippen LogP contribution is -2.42. The number of pyridine rings is 1. The van der Waals surface area contributed by atoms with Crippen LogP contribution in [0.25, 0.3) is 11.3 Å². The summed E-state index contributed by atoms with van der Waals surface area (Å²) < 4.78 is 66.9. The van der Waals surface area contributed by atoms with Crippen molar-refractivity contribution in [1.29, 1.82) is 0 Å². The van der Waals surface area contributed by atoms with Gasteiger partial charge in [-0.3, -0.25) is 4.72 Å². The number of sulfonamides is 1. The van der Waals surface area contributed by atoms with Crippen LogP contribution in [0, 0.1) is 11.6 Å². The number of carbonyl (C=O) groups excluding carboxylic acids is 1. The van der Waals surface area contributed by atoms with Crippen LogP contribution in [0.15, 0.2) is 42.7 Å². The van der Waals surface area contributed by atoms with E-state index in [1.807, 2.05) is 20.8 Å². The molecule has 232 valence electrons. The van der Waals surface area contributed by atoms with Crippen molar-refractivity contribution in [2.45, 2.75) is 77.5 Å². The average Bonchev–Trinajstić information content (AvgIpc) is 2.91. The average molecular weight is 619 g/mol. The molecule has 43 heavy (non-hydrogen) atoms. The second kappa shape index (κ2) is 13.5. The Morgan fingerprint density at radius 1 is 1.02 bits per heavy atom. The summed E-state index contributed by atoms with van der Waals surface area (Å²) in [6, 6.07) is 6.68. The highest BCUT2D eigenvalue weighted by Gasteiger charge is 2.25. The first-order valence-corrected chi connectivity index (χ1v) is 15.7. The minimum atomic E-state index is -3.74. The van der Waals surface area contributed by atoms with E-state index in [-0.39, 0.29) is 29.4 Å². The van der Waals surface area contributed by atoms with Gasteiger partial charge >= 0.3 is 6.09 Å². The molecule has 4 rings (SSSR count). The van der Waals surface area contributed by atoms with E-state index in [9.17, 15) is 22.0 Å². The van der Waals surface area contributed by atoms with Gasteiger partial charge < -0.3 is 20.1 Å². The number of halogens is 2. The van der Waals surface area contributed by atoms with Gasteiger partial charge in [-0.25, -0.2) is 36.9 Å². The van der Waals surface area contributed by atoms with Crippen LogP contribution in [-0.2, 0) is 14.8 Å². The van der Waals surface area contributed by atoms with E-state index < -0.39 is 39.1 Å². The summed E-state index contributed by atoms with van der Waals surface area (Å²) in [4.78, 5) is 25.1. The van der Waals surface area contributed by atoms with Gasteiger partial charge in [0.25, 0.3) is 0 Å². The highest BCUT2D eigenvalue weighted by atomic mass is 32.2. The topological polar surface area (TPSA) is 144 Å². The molecule has 14 heteroatoms. The summed E-state index contributed by atoms with van der Waals surface area (Å²) in [5.41, 5.74) is -0.0396. The first kappa shape index (κ1) is 31.9. The molecular formula is C29H36F2N6O5S. The summed E-state index contributed by atoms with van der Waals surface area (Å²) >= 11 is 0. The molecule has 0 bridgehead atoms. The summed E-state index contributed by atoms with van der Waals surface area (Å²) in [5, 5.41) is 6.24. The third kappa shape index (κ3) is 9.21. The van der Waals surface area contributed by atoms with Gasteiger partial charge in [0.15, 0.2) is 11.6 Å². The number of hydrogen-bond acceptors (Lipinski definition) is 9. The summed E-state index contributed by atoms with van der Waals surface area (Å²) in [5.74, 6) is -2.87. The Bertz CT molecular complexity index is 1520. The molecule has 3 aromatic rings. The van der Waals surface area contributed by atoms with Gasteiger partial charge in [0, 0.05) is 36.6 Å². The minimum Gasteiger partial charge on any atom is -0.444 e. The van der Waals surface area contributed by atoms with E-state index in [0.29, 0.717) is 23.6 Å². The van der Waals surface area contributed by atoms with E-state index in [0.717, 1.165) is 37.8 Å². The van der Waals surface area contributed by atoms with Gasteiger partial charge in [-0.05, 0) is 71.1 Å². The molecule has 1 aromatic carbocycles. The second-order valence-corrected chi connectivity index (χ2v) is 13.1. The van der Waals surface area contributed by atoms with Crippen molar-refractivity contribution < 1.29 is 31.5 Å². The number of aromatic nitrogens is 3. The number of nitrogens with zero attached hydrogens (tertiary/aromatic N) is 3. The fourth-order valence-electron chi connectivity index (χ4n) is 4.60. The smallest absolute Gasteiger partial charge is 0.407 e. The van der Waals surface area contributed by atoms with Crippen LogP contribution in [0.3, 0.4) is 0 Å². The Kier molecular flexibility index (Phi) is 9.99. The molecule has 0 aliphatic heterocycles. The second-order valence-electron chi connectivity index (χ2n) is 11.3. The minimum absolute atomic E-state index is 0.0154. The van der Waals surface area contributed by atoms with Crippen molar-refractivity contribution in [2.24, 2.45) is 0 Å². The summed E-state index contributed by atoms with van der Waals surface area (Å²) in [6.07, 6.45) is 5.94. The van der Waals surface area contributed by atoms with Gasteiger partial charge in [0.1, 0.15) is 5.60 Å². The van der Waals surface area contributed by atoms with Crippen LogP contribution < -0.4 is 20.1 Å². The molecule has 0 spiro atoms. The predicted molar refractivity (Wildman–Crippen MR) is 158 cm³/mol. The monoisotopic (exact) mass is 618 g/mol. The normalized spacial score (nSPS) is 17.2. The maximum atomic E-state index is 14.9. The predicted octanol–water partition coefficient (Wildman–Crippen LogP) is 6.01. The van der Waals surface area contributed by atoms with E-state index in [1.165, 1.54) is 6.20 Å². The van der Waals surface area contributed by atoms with E-state index in [2.05, 4.69) is 30.3 Å². The fourth-order valence-corrected chi connectivity index (χ4v) is 5.71. The summed E-state index contributed by atoms with van der Waals surface area (Å²) in [7, 11) is -3.74. The number of alkyl carbamates (subject to hydrolysis) is 1. The Morgan fingerprint density at radius 3 is 2.35 bits per heavy atom. The molecule has 11 nitrogen and oxygen atoms in total. The first-order valence-electron chi connectivity index (χ1n) is 14.0. The third-order valence-electron chi connectivity index (χ3n) is 6.43. The lowest BCUT2D eigenvalue weighted by Gasteiger charge is -2.30. The maximum absolute atomic E-state index is 14.9. The van der Waals surface area contributed by atoms with Crippen molar-refractivity contribution in [3.63, 3.8) is 0 Å². The third-order valence-corrected chi connectivity index (χ3v) is 7.92. The van der Waals surface area contributed by atoms with Crippen LogP contribution >= 0.6 is 0 Å². The number of ether oxygens (including phenoxy) is 2. The molecule has 1 amide bonds. The molecule has 3 N–H and O–H groups in total. The van der Waals surface area contributed by atoms with Crippen LogP contribution in [0.4, 0.5) is 25.2 Å². The van der Waals surface area contributed by atoms with Crippen LogP contribution in [0.2, 0.25) is 0 Å². The molecule has 0 saturated heterocycles. The number of anilines is 2. The molecule has 1 aliphatic carbocycles. The maximum Gasteiger partial charge on any atom is 0.407 e. The SMILES string of the molecule is CCCS(=O)(=O)Nc1cc(F)c(Oc2ncccc2-c2ccnc(N[C@H]3CC[C@H](NC(=O)OC(C)(C)C)CC3)n2)c(F)c1. The van der Waals surface area contributed by atoms with E-state index in [1.54, 1.807) is 31.3 Å². The largest absolute Gasteiger partial charge is 0.444 e. The lowest BCUT2D eigenvalue weighted by molar-refractivity contribution is 0.0492. The number of nitrogens with one attached hydrogen (secondary N) is 3. The molecule has 1 saturated carbocycles. The van der Waals surface area contributed by atoms with Crippen molar-refractivity contribution in [2.75, 3.05) is 15.8 Å². The number of hydrogen-bond donors (Lipinski definition) is 3. The van der Waals surface area contributed by atoms with Crippen LogP contribution in [0.5, 0.6) is 11.6 Å². The van der Waals surface area contributed by atoms with E-state index in [4.69, 9.17) is 9.47 Å². The van der Waals surface area contributed by atoms with E-state index >= 15 is 0 Å².